The van der Waals surface area contributed by atoms with Crippen molar-refractivity contribution in [1.82, 2.24) is 0 Å². The van der Waals surface area contributed by atoms with E-state index in [2.05, 4.69) is 20.8 Å². The number of hydrogen-bond acceptors (Lipinski definition) is 3. The summed E-state index contributed by atoms with van der Waals surface area (Å²) in [5, 5.41) is 0.720. The van der Waals surface area contributed by atoms with Crippen molar-refractivity contribution in [3.05, 3.63) is 74.6 Å². The van der Waals surface area contributed by atoms with Crippen molar-refractivity contribution in [3.63, 3.8) is 0 Å². The predicted octanol–water partition coefficient (Wildman–Crippen LogP) is 9.76. The van der Waals surface area contributed by atoms with Crippen LogP contribution in [0.15, 0.2) is 48.5 Å². The van der Waals surface area contributed by atoms with Crippen LogP contribution in [0.5, 0.6) is 5.75 Å². The Morgan fingerprint density at radius 2 is 1.63 bits per heavy atom. The van der Waals surface area contributed by atoms with Gasteiger partial charge in [0.2, 0.25) is 0 Å². The highest BCUT2D eigenvalue weighted by molar-refractivity contribution is 7.17. The van der Waals surface area contributed by atoms with E-state index in [1.807, 2.05) is 6.07 Å². The maximum Gasteiger partial charge on any atom is 0.416 e. The summed E-state index contributed by atoms with van der Waals surface area (Å²) in [6.45, 7) is 7.08. The van der Waals surface area contributed by atoms with E-state index in [1.165, 1.54) is 23.5 Å². The standard InChI is InChI=1S/C27H27Cl2F3O2S/c1-26(2,3)15-4-16-34-21-12-8-18(24(28)25(21)29)7-11-20(33)23-14-13-22(35-23)17-5-9-19(10-6-17)27(30,31)32/h5-6,8-10,12-14H,4,7,11,15-16H2,1-3H3. The second kappa shape index (κ2) is 11.4. The first-order valence-electron chi connectivity index (χ1n) is 11.3. The summed E-state index contributed by atoms with van der Waals surface area (Å²) in [4.78, 5) is 14.0. The maximum absolute atomic E-state index is 12.8. The van der Waals surface area contributed by atoms with E-state index in [9.17, 15) is 18.0 Å². The number of ketones is 1. The summed E-state index contributed by atoms with van der Waals surface area (Å²) >= 11 is 14.1. The van der Waals surface area contributed by atoms with Crippen molar-refractivity contribution >= 4 is 40.3 Å². The number of thiophene rings is 1. The molecule has 1 aromatic heterocycles. The van der Waals surface area contributed by atoms with Crippen molar-refractivity contribution < 1.29 is 22.7 Å². The molecule has 0 bridgehead atoms. The summed E-state index contributed by atoms with van der Waals surface area (Å²) in [6.07, 6.45) is -1.80. The second-order valence-electron chi connectivity index (χ2n) is 9.53. The zero-order valence-electron chi connectivity index (χ0n) is 19.8. The molecular weight excluding hydrogens is 516 g/mol. The molecule has 2 aromatic carbocycles. The van der Waals surface area contributed by atoms with Crippen molar-refractivity contribution in [2.24, 2.45) is 5.41 Å². The number of ether oxygens (including phenoxy) is 1. The number of alkyl halides is 3. The molecule has 0 unspecified atom stereocenters. The summed E-state index contributed by atoms with van der Waals surface area (Å²) in [7, 11) is 0. The average molecular weight is 543 g/mol. The van der Waals surface area contributed by atoms with Crippen LogP contribution in [-0.2, 0) is 12.6 Å². The highest BCUT2D eigenvalue weighted by atomic mass is 35.5. The first kappa shape index (κ1) is 27.6. The molecule has 2 nitrogen and oxygen atoms in total. The average Bonchev–Trinajstić information content (AvgIpc) is 3.28. The van der Waals surface area contributed by atoms with Gasteiger partial charge in [0.25, 0.3) is 0 Å². The van der Waals surface area contributed by atoms with Gasteiger partial charge in [0.15, 0.2) is 5.78 Å². The number of Topliss-reactive ketones (excluding diaryl/α,β-unsaturated/α-hetero) is 1. The molecule has 0 saturated carbocycles. The van der Waals surface area contributed by atoms with Crippen LogP contribution in [0.1, 0.15) is 60.8 Å². The lowest BCUT2D eigenvalue weighted by Gasteiger charge is -2.18. The van der Waals surface area contributed by atoms with Gasteiger partial charge in [-0.15, -0.1) is 11.3 Å². The summed E-state index contributed by atoms with van der Waals surface area (Å²) in [5.41, 5.74) is 0.926. The van der Waals surface area contributed by atoms with Gasteiger partial charge in [-0.3, -0.25) is 4.79 Å². The molecule has 1 heterocycles. The Labute approximate surface area is 218 Å². The molecule has 0 aliphatic heterocycles. The smallest absolute Gasteiger partial charge is 0.416 e. The highest BCUT2D eigenvalue weighted by Gasteiger charge is 2.30. The number of halogens is 5. The molecule has 8 heteroatoms. The largest absolute Gasteiger partial charge is 0.492 e. The molecule has 3 rings (SSSR count). The second-order valence-corrected chi connectivity index (χ2v) is 11.4. The Bertz CT molecular complexity index is 1160. The van der Waals surface area contributed by atoms with Crippen LogP contribution < -0.4 is 4.74 Å². The van der Waals surface area contributed by atoms with Gasteiger partial charge in [-0.1, -0.05) is 62.2 Å². The van der Waals surface area contributed by atoms with E-state index in [-0.39, 0.29) is 17.6 Å². The molecule has 3 aromatic rings. The van der Waals surface area contributed by atoms with Gasteiger partial charge in [-0.25, -0.2) is 0 Å². The maximum atomic E-state index is 12.8. The molecule has 0 radical (unpaired) electrons. The van der Waals surface area contributed by atoms with Crippen LogP contribution in [0.25, 0.3) is 10.4 Å². The van der Waals surface area contributed by atoms with Gasteiger partial charge in [-0.2, -0.15) is 13.2 Å². The number of carbonyl (C=O) groups excluding carboxylic acids is 1. The molecule has 0 aliphatic rings. The minimum atomic E-state index is -4.38. The quantitative estimate of drug-likeness (QED) is 0.198. The number of benzene rings is 2. The number of aryl methyl sites for hydroxylation is 1. The van der Waals surface area contributed by atoms with Crippen LogP contribution in [0, 0.1) is 5.41 Å². The topological polar surface area (TPSA) is 26.3 Å². The number of hydrogen-bond donors (Lipinski definition) is 0. The van der Waals surface area contributed by atoms with E-state index < -0.39 is 11.7 Å². The molecule has 0 atom stereocenters. The summed E-state index contributed by atoms with van der Waals surface area (Å²) in [5.74, 6) is 0.461. The molecule has 0 saturated heterocycles. The molecule has 0 spiro atoms. The Morgan fingerprint density at radius 3 is 2.26 bits per heavy atom. The van der Waals surface area contributed by atoms with Crippen molar-refractivity contribution in [2.45, 2.75) is 52.6 Å². The molecule has 0 fully saturated rings. The molecule has 0 amide bonds. The monoisotopic (exact) mass is 542 g/mol. The van der Waals surface area contributed by atoms with Gasteiger partial charge in [0.1, 0.15) is 10.8 Å². The Morgan fingerprint density at radius 1 is 0.943 bits per heavy atom. The molecule has 35 heavy (non-hydrogen) atoms. The lowest BCUT2D eigenvalue weighted by atomic mass is 9.91. The van der Waals surface area contributed by atoms with Crippen LogP contribution in [0.3, 0.4) is 0 Å². The highest BCUT2D eigenvalue weighted by Crippen LogP contribution is 2.37. The van der Waals surface area contributed by atoms with Gasteiger partial charge in [0, 0.05) is 11.3 Å². The zero-order chi connectivity index (χ0) is 25.8. The number of rotatable bonds is 9. The van der Waals surface area contributed by atoms with E-state index in [0.717, 1.165) is 35.4 Å². The van der Waals surface area contributed by atoms with E-state index in [0.29, 0.717) is 39.3 Å². The third-order valence-corrected chi connectivity index (χ3v) is 7.53. The van der Waals surface area contributed by atoms with E-state index in [4.69, 9.17) is 27.9 Å². The third-order valence-electron chi connectivity index (χ3n) is 5.45. The molecule has 0 N–H and O–H groups in total. The fraction of sp³-hybridized carbons (Fsp3) is 0.370. The van der Waals surface area contributed by atoms with Crippen molar-refractivity contribution in [2.75, 3.05) is 6.61 Å². The lowest BCUT2D eigenvalue weighted by molar-refractivity contribution is -0.137. The van der Waals surface area contributed by atoms with Crippen molar-refractivity contribution in [1.29, 1.82) is 0 Å². The van der Waals surface area contributed by atoms with Crippen LogP contribution in [0.2, 0.25) is 10.0 Å². The zero-order valence-corrected chi connectivity index (χ0v) is 22.1. The van der Waals surface area contributed by atoms with E-state index >= 15 is 0 Å². The summed E-state index contributed by atoms with van der Waals surface area (Å²) < 4.78 is 44.1. The third kappa shape index (κ3) is 7.73. The van der Waals surface area contributed by atoms with Gasteiger partial charge in [0.05, 0.1) is 22.1 Å². The van der Waals surface area contributed by atoms with Crippen LogP contribution in [0.4, 0.5) is 13.2 Å². The predicted molar refractivity (Wildman–Crippen MR) is 138 cm³/mol. The fourth-order valence-electron chi connectivity index (χ4n) is 3.50. The van der Waals surface area contributed by atoms with Gasteiger partial charge in [-0.05, 0) is 66.1 Å². The first-order chi connectivity index (χ1) is 16.3. The Kier molecular flexibility index (Phi) is 8.95. The molecule has 188 valence electrons. The summed E-state index contributed by atoms with van der Waals surface area (Å²) in [6, 6.07) is 12.0. The SMILES string of the molecule is CC(C)(C)CCCOc1ccc(CCC(=O)c2ccc(-c3ccc(C(F)(F)F)cc3)s2)c(Cl)c1Cl. The Hall–Kier alpha value is -2.02. The Balaban J connectivity index is 1.59. The lowest BCUT2D eigenvalue weighted by Crippen LogP contribution is -2.08. The normalized spacial score (nSPS) is 12.1. The van der Waals surface area contributed by atoms with E-state index in [1.54, 1.807) is 18.2 Å². The first-order valence-corrected chi connectivity index (χ1v) is 12.8. The fourth-order valence-corrected chi connectivity index (χ4v) is 4.97. The molecule has 0 aliphatic carbocycles. The van der Waals surface area contributed by atoms with Crippen LogP contribution in [-0.4, -0.2) is 12.4 Å². The number of carbonyl (C=O) groups is 1. The minimum absolute atomic E-state index is 0.0668. The van der Waals surface area contributed by atoms with Gasteiger partial charge < -0.3 is 4.74 Å². The minimum Gasteiger partial charge on any atom is -0.492 e. The van der Waals surface area contributed by atoms with Crippen molar-refractivity contribution in [3.8, 4) is 16.2 Å². The van der Waals surface area contributed by atoms with Crippen LogP contribution >= 0.6 is 34.5 Å². The van der Waals surface area contributed by atoms with Gasteiger partial charge >= 0.3 is 6.18 Å². The molecular formula is C27H27Cl2F3O2S.